The molecular weight excluding hydrogens is 330 g/mol. The zero-order valence-electron chi connectivity index (χ0n) is 13.4. The van der Waals surface area contributed by atoms with E-state index in [1.54, 1.807) is 7.11 Å². The number of nitrogens with zero attached hydrogens (tertiary/aromatic N) is 1. The number of hydrogen-bond donors (Lipinski definition) is 0. The summed E-state index contributed by atoms with van der Waals surface area (Å²) >= 11 is 7.79. The average Bonchev–Trinajstić information content (AvgIpc) is 2.85. The Kier molecular flexibility index (Phi) is 5.67. The Balaban J connectivity index is 1.73. The lowest BCUT2D eigenvalue weighted by atomic mass is 9.94. The van der Waals surface area contributed by atoms with Gasteiger partial charge in [-0.1, -0.05) is 23.7 Å². The number of carbonyl (C=O) groups is 1. The summed E-state index contributed by atoms with van der Waals surface area (Å²) in [5, 5.41) is 0.928. The lowest BCUT2D eigenvalue weighted by molar-refractivity contribution is -0.126. The average molecular weight is 352 g/mol. The predicted octanol–water partition coefficient (Wildman–Crippen LogP) is 4.26. The van der Waals surface area contributed by atoms with E-state index in [9.17, 15) is 4.79 Å². The van der Waals surface area contributed by atoms with E-state index >= 15 is 0 Å². The van der Waals surface area contributed by atoms with Crippen LogP contribution in [-0.4, -0.2) is 36.4 Å². The van der Waals surface area contributed by atoms with E-state index in [1.807, 2.05) is 28.8 Å². The Morgan fingerprint density at radius 3 is 2.74 bits per heavy atom. The monoisotopic (exact) mass is 351 g/mol. The molecule has 3 nitrogen and oxygen atoms in total. The van der Waals surface area contributed by atoms with Crippen LogP contribution in [0.2, 0.25) is 5.02 Å². The van der Waals surface area contributed by atoms with Crippen LogP contribution in [-0.2, 0) is 15.3 Å². The number of benzene rings is 1. The molecular formula is C18H22ClNO2S. The molecule has 0 bridgehead atoms. The summed E-state index contributed by atoms with van der Waals surface area (Å²) in [5.41, 5.74) is 3.67. The third-order valence-corrected chi connectivity index (χ3v) is 6.07. The molecule has 1 heterocycles. The number of amides is 1. The van der Waals surface area contributed by atoms with Crippen LogP contribution in [0.15, 0.2) is 35.4 Å². The molecule has 1 aromatic rings. The summed E-state index contributed by atoms with van der Waals surface area (Å²) in [5.74, 6) is 1.11. The summed E-state index contributed by atoms with van der Waals surface area (Å²) < 4.78 is 5.19. The van der Waals surface area contributed by atoms with Crippen molar-refractivity contribution in [2.45, 2.75) is 36.8 Å². The van der Waals surface area contributed by atoms with E-state index in [1.165, 1.54) is 17.6 Å². The van der Waals surface area contributed by atoms with E-state index in [0.29, 0.717) is 13.2 Å². The molecule has 1 atom stereocenters. The molecule has 23 heavy (non-hydrogen) atoms. The molecule has 0 saturated carbocycles. The second-order valence-electron chi connectivity index (χ2n) is 5.99. The smallest absolute Gasteiger partial charge is 0.251 e. The Morgan fingerprint density at radius 2 is 2.00 bits per heavy atom. The van der Waals surface area contributed by atoms with E-state index in [2.05, 4.69) is 12.1 Å². The fourth-order valence-electron chi connectivity index (χ4n) is 3.27. The van der Waals surface area contributed by atoms with Crippen LogP contribution in [0.3, 0.4) is 0 Å². The van der Waals surface area contributed by atoms with Gasteiger partial charge >= 0.3 is 0 Å². The van der Waals surface area contributed by atoms with Gasteiger partial charge in [0, 0.05) is 30.0 Å². The normalized spacial score (nSPS) is 21.0. The van der Waals surface area contributed by atoms with Gasteiger partial charge in [-0.05, 0) is 49.0 Å². The maximum Gasteiger partial charge on any atom is 0.251 e. The molecule has 1 aromatic carbocycles. The summed E-state index contributed by atoms with van der Waals surface area (Å²) in [4.78, 5) is 14.7. The van der Waals surface area contributed by atoms with E-state index in [0.717, 1.165) is 35.6 Å². The van der Waals surface area contributed by atoms with Gasteiger partial charge in [0.2, 0.25) is 0 Å². The van der Waals surface area contributed by atoms with Crippen molar-refractivity contribution >= 4 is 29.3 Å². The minimum absolute atomic E-state index is 0.170. The standard InChI is InChI=1S/C18H22ClNO2S/c1-22-11-10-20-17(21)15-4-2-3-5-16(15)18(20)23-12-13-6-8-14(19)9-7-13/h6-9,18H,2-5,10-12H2,1H3. The van der Waals surface area contributed by atoms with E-state index in [4.69, 9.17) is 16.3 Å². The third-order valence-electron chi connectivity index (χ3n) is 4.47. The predicted molar refractivity (Wildman–Crippen MR) is 95.6 cm³/mol. The van der Waals surface area contributed by atoms with Crippen molar-refractivity contribution in [2.75, 3.05) is 20.3 Å². The number of thioether (sulfide) groups is 1. The zero-order valence-corrected chi connectivity index (χ0v) is 15.0. The molecule has 0 fully saturated rings. The second kappa shape index (κ2) is 7.73. The van der Waals surface area contributed by atoms with Gasteiger partial charge in [0.1, 0.15) is 5.37 Å². The van der Waals surface area contributed by atoms with Gasteiger partial charge in [-0.2, -0.15) is 0 Å². The number of methoxy groups -OCH3 is 1. The highest BCUT2D eigenvalue weighted by Gasteiger charge is 2.39. The highest BCUT2D eigenvalue weighted by molar-refractivity contribution is 7.99. The Labute approximate surface area is 147 Å². The fraction of sp³-hybridized carbons (Fsp3) is 0.500. The lowest BCUT2D eigenvalue weighted by Crippen LogP contribution is -2.36. The number of hydrogen-bond acceptors (Lipinski definition) is 3. The van der Waals surface area contributed by atoms with Crippen molar-refractivity contribution < 1.29 is 9.53 Å². The Bertz CT molecular complexity index is 600. The summed E-state index contributed by atoms with van der Waals surface area (Å²) in [6, 6.07) is 7.96. The van der Waals surface area contributed by atoms with Crippen molar-refractivity contribution in [3.05, 3.63) is 46.0 Å². The van der Waals surface area contributed by atoms with Crippen molar-refractivity contribution in [1.82, 2.24) is 4.90 Å². The summed E-state index contributed by atoms with van der Waals surface area (Å²) in [7, 11) is 1.68. The van der Waals surface area contributed by atoms with Crippen LogP contribution < -0.4 is 0 Å². The first kappa shape index (κ1) is 16.9. The molecule has 0 N–H and O–H groups in total. The summed E-state index contributed by atoms with van der Waals surface area (Å²) in [6.45, 7) is 1.25. The Hall–Kier alpha value is -0.970. The quantitative estimate of drug-likeness (QED) is 0.767. The molecule has 1 aliphatic carbocycles. The molecule has 1 aliphatic heterocycles. The Morgan fingerprint density at radius 1 is 1.26 bits per heavy atom. The summed E-state index contributed by atoms with van der Waals surface area (Å²) in [6.07, 6.45) is 4.33. The minimum Gasteiger partial charge on any atom is -0.383 e. The number of ether oxygens (including phenoxy) is 1. The van der Waals surface area contributed by atoms with Crippen LogP contribution in [0, 0.1) is 0 Å². The zero-order chi connectivity index (χ0) is 16.2. The minimum atomic E-state index is 0.170. The molecule has 0 saturated heterocycles. The van der Waals surface area contributed by atoms with Crippen molar-refractivity contribution in [1.29, 1.82) is 0 Å². The SMILES string of the molecule is COCCN1C(=O)C2=C(CCCC2)C1SCc1ccc(Cl)cc1. The lowest BCUT2D eigenvalue weighted by Gasteiger charge is -2.26. The van der Waals surface area contributed by atoms with Crippen molar-refractivity contribution in [3.8, 4) is 0 Å². The van der Waals surface area contributed by atoms with Gasteiger partial charge in [0.25, 0.3) is 5.91 Å². The number of halogens is 1. The largest absolute Gasteiger partial charge is 0.383 e. The molecule has 124 valence electrons. The van der Waals surface area contributed by atoms with Gasteiger partial charge in [0.15, 0.2) is 0 Å². The fourth-order valence-corrected chi connectivity index (χ4v) is 4.78. The molecule has 3 rings (SSSR count). The van der Waals surface area contributed by atoms with Crippen molar-refractivity contribution in [3.63, 3.8) is 0 Å². The van der Waals surface area contributed by atoms with Crippen molar-refractivity contribution in [2.24, 2.45) is 0 Å². The molecule has 5 heteroatoms. The molecule has 0 radical (unpaired) electrons. The third kappa shape index (κ3) is 3.76. The molecule has 0 aromatic heterocycles. The first-order valence-corrected chi connectivity index (χ1v) is 9.51. The first-order valence-electron chi connectivity index (χ1n) is 8.08. The van der Waals surface area contributed by atoms with Gasteiger partial charge in [-0.3, -0.25) is 4.79 Å². The molecule has 1 unspecified atom stereocenters. The van der Waals surface area contributed by atoms with Gasteiger partial charge in [-0.15, -0.1) is 11.8 Å². The van der Waals surface area contributed by atoms with E-state index < -0.39 is 0 Å². The number of carbonyl (C=O) groups excluding carboxylic acids is 1. The first-order chi connectivity index (χ1) is 11.2. The van der Waals surface area contributed by atoms with Gasteiger partial charge in [0.05, 0.1) is 6.61 Å². The van der Waals surface area contributed by atoms with Crippen LogP contribution >= 0.6 is 23.4 Å². The highest BCUT2D eigenvalue weighted by atomic mass is 35.5. The second-order valence-corrected chi connectivity index (χ2v) is 7.50. The molecule has 2 aliphatic rings. The van der Waals surface area contributed by atoms with Crippen LogP contribution in [0.4, 0.5) is 0 Å². The maximum atomic E-state index is 12.7. The molecule has 0 spiro atoms. The number of rotatable bonds is 6. The topological polar surface area (TPSA) is 29.5 Å². The van der Waals surface area contributed by atoms with Gasteiger partial charge < -0.3 is 9.64 Å². The van der Waals surface area contributed by atoms with Crippen LogP contribution in [0.5, 0.6) is 0 Å². The van der Waals surface area contributed by atoms with Crippen LogP contribution in [0.25, 0.3) is 0 Å². The van der Waals surface area contributed by atoms with Crippen LogP contribution in [0.1, 0.15) is 31.2 Å². The van der Waals surface area contributed by atoms with Gasteiger partial charge in [-0.25, -0.2) is 0 Å². The van der Waals surface area contributed by atoms with E-state index in [-0.39, 0.29) is 11.3 Å². The molecule has 1 amide bonds. The maximum absolute atomic E-state index is 12.7. The highest BCUT2D eigenvalue weighted by Crippen LogP contribution is 2.41.